The van der Waals surface area contributed by atoms with Gasteiger partial charge >= 0.3 is 0 Å². The first-order valence-corrected chi connectivity index (χ1v) is 6.65. The molecule has 1 saturated heterocycles. The van der Waals surface area contributed by atoms with Crippen LogP contribution in [0.15, 0.2) is 0 Å². The van der Waals surface area contributed by atoms with Crippen LogP contribution in [0.4, 0.5) is 0 Å². The monoisotopic (exact) mass is 236 g/mol. The highest BCUT2D eigenvalue weighted by Gasteiger charge is 2.23. The van der Waals surface area contributed by atoms with Crippen LogP contribution in [0.3, 0.4) is 0 Å². The highest BCUT2D eigenvalue weighted by atomic mass is 16.3. The largest absolute Gasteiger partial charge is 0.385 e. The molecule has 2 atom stereocenters. The van der Waals surface area contributed by atoms with Crippen LogP contribution >= 0.6 is 0 Å². The first-order chi connectivity index (χ1) is 8.33. The zero-order valence-electron chi connectivity index (χ0n) is 10.1. The Labute approximate surface area is 101 Å². The molecular weight excluding hydrogens is 216 g/mol. The molecular formula is C12H20N4O. The number of fused-ring (bicyclic) bond motifs is 1. The standard InChI is InChI=1S/C12H20N4O/c17-10-4-2-6-16-12(10)14-11(15-16)7-9-3-1-5-13-8-9/h9-10,13,17H,1-8H2. The van der Waals surface area contributed by atoms with Crippen LogP contribution in [-0.4, -0.2) is 33.0 Å². The second-order valence-corrected chi connectivity index (χ2v) is 5.18. The van der Waals surface area contributed by atoms with Crippen molar-refractivity contribution >= 4 is 0 Å². The van der Waals surface area contributed by atoms with E-state index in [1.807, 2.05) is 4.68 Å². The summed E-state index contributed by atoms with van der Waals surface area (Å²) in [5.74, 6) is 2.34. The summed E-state index contributed by atoms with van der Waals surface area (Å²) in [5.41, 5.74) is 0. The molecule has 5 nitrogen and oxygen atoms in total. The predicted octanol–water partition coefficient (Wildman–Crippen LogP) is 0.647. The van der Waals surface area contributed by atoms with Crippen molar-refractivity contribution in [2.24, 2.45) is 5.92 Å². The molecule has 3 rings (SSSR count). The third-order valence-corrected chi connectivity index (χ3v) is 3.76. The second kappa shape index (κ2) is 4.74. The van der Waals surface area contributed by atoms with Gasteiger partial charge in [0.15, 0.2) is 11.6 Å². The molecule has 0 bridgehead atoms. The number of aliphatic hydroxyl groups is 1. The minimum Gasteiger partial charge on any atom is -0.385 e. The molecule has 0 radical (unpaired) electrons. The van der Waals surface area contributed by atoms with Crippen LogP contribution in [0.2, 0.25) is 0 Å². The Kier molecular flexibility index (Phi) is 3.11. The Morgan fingerprint density at radius 2 is 2.29 bits per heavy atom. The van der Waals surface area contributed by atoms with Gasteiger partial charge < -0.3 is 10.4 Å². The summed E-state index contributed by atoms with van der Waals surface area (Å²) in [4.78, 5) is 4.50. The van der Waals surface area contributed by atoms with Crippen LogP contribution in [0, 0.1) is 5.92 Å². The van der Waals surface area contributed by atoms with Crippen LogP contribution in [0.1, 0.15) is 43.4 Å². The van der Waals surface area contributed by atoms with Crippen molar-refractivity contribution in [3.05, 3.63) is 11.6 Å². The van der Waals surface area contributed by atoms with E-state index >= 15 is 0 Å². The maximum atomic E-state index is 9.84. The maximum absolute atomic E-state index is 9.84. The lowest BCUT2D eigenvalue weighted by Gasteiger charge is -2.21. The lowest BCUT2D eigenvalue weighted by Crippen LogP contribution is -2.31. The van der Waals surface area contributed by atoms with E-state index in [-0.39, 0.29) is 0 Å². The molecule has 94 valence electrons. The quantitative estimate of drug-likeness (QED) is 0.791. The fourth-order valence-electron chi connectivity index (χ4n) is 2.82. The van der Waals surface area contributed by atoms with E-state index in [2.05, 4.69) is 15.4 Å². The van der Waals surface area contributed by atoms with Crippen molar-refractivity contribution < 1.29 is 5.11 Å². The molecule has 2 aliphatic rings. The average Bonchev–Trinajstić information content (AvgIpc) is 2.74. The molecule has 1 fully saturated rings. The van der Waals surface area contributed by atoms with E-state index in [9.17, 15) is 5.11 Å². The number of rotatable bonds is 2. The zero-order chi connectivity index (χ0) is 11.7. The van der Waals surface area contributed by atoms with Gasteiger partial charge in [0, 0.05) is 13.0 Å². The molecule has 2 aliphatic heterocycles. The van der Waals surface area contributed by atoms with Crippen molar-refractivity contribution in [3.8, 4) is 0 Å². The highest BCUT2D eigenvalue weighted by Crippen LogP contribution is 2.23. The molecule has 3 heterocycles. The number of piperidine rings is 1. The fourth-order valence-corrected chi connectivity index (χ4v) is 2.82. The lowest BCUT2D eigenvalue weighted by atomic mass is 9.96. The van der Waals surface area contributed by atoms with Gasteiger partial charge in [0.1, 0.15) is 6.10 Å². The zero-order valence-corrected chi connectivity index (χ0v) is 10.1. The maximum Gasteiger partial charge on any atom is 0.156 e. The second-order valence-electron chi connectivity index (χ2n) is 5.18. The van der Waals surface area contributed by atoms with E-state index in [1.165, 1.54) is 12.8 Å². The van der Waals surface area contributed by atoms with E-state index in [0.717, 1.165) is 50.5 Å². The minimum atomic E-state index is -0.408. The molecule has 1 aromatic rings. The predicted molar refractivity (Wildman–Crippen MR) is 63.5 cm³/mol. The molecule has 1 aromatic heterocycles. The number of nitrogens with zero attached hydrogens (tertiary/aromatic N) is 3. The summed E-state index contributed by atoms with van der Waals surface area (Å²) >= 11 is 0. The van der Waals surface area contributed by atoms with Crippen molar-refractivity contribution in [1.82, 2.24) is 20.1 Å². The molecule has 0 saturated carbocycles. The van der Waals surface area contributed by atoms with E-state index in [4.69, 9.17) is 0 Å². The molecule has 0 amide bonds. The van der Waals surface area contributed by atoms with Gasteiger partial charge in [-0.3, -0.25) is 0 Å². The Bertz CT molecular complexity index is 384. The topological polar surface area (TPSA) is 63.0 Å². The van der Waals surface area contributed by atoms with Crippen molar-refractivity contribution in [3.63, 3.8) is 0 Å². The number of hydrogen-bond donors (Lipinski definition) is 2. The van der Waals surface area contributed by atoms with Crippen molar-refractivity contribution in [1.29, 1.82) is 0 Å². The van der Waals surface area contributed by atoms with Crippen molar-refractivity contribution in [2.45, 2.75) is 44.8 Å². The first-order valence-electron chi connectivity index (χ1n) is 6.65. The van der Waals surface area contributed by atoms with Gasteiger partial charge in [-0.25, -0.2) is 9.67 Å². The number of aromatic nitrogens is 3. The molecule has 0 aliphatic carbocycles. The lowest BCUT2D eigenvalue weighted by molar-refractivity contribution is 0.130. The summed E-state index contributed by atoms with van der Waals surface area (Å²) in [7, 11) is 0. The van der Waals surface area contributed by atoms with Gasteiger partial charge in [0.2, 0.25) is 0 Å². The summed E-state index contributed by atoms with van der Waals surface area (Å²) in [6, 6.07) is 0. The summed E-state index contributed by atoms with van der Waals surface area (Å²) in [5, 5.41) is 17.8. The first kappa shape index (κ1) is 11.2. The SMILES string of the molecule is OC1CCCn2nc(CC3CCCNC3)nc21. The third kappa shape index (κ3) is 2.35. The minimum absolute atomic E-state index is 0.408. The Balaban J connectivity index is 1.71. The molecule has 0 spiro atoms. The molecule has 2 unspecified atom stereocenters. The van der Waals surface area contributed by atoms with Gasteiger partial charge in [-0.1, -0.05) is 0 Å². The van der Waals surface area contributed by atoms with Gasteiger partial charge in [0.05, 0.1) is 0 Å². The molecule has 0 aromatic carbocycles. The Hall–Kier alpha value is -0.940. The summed E-state index contributed by atoms with van der Waals surface area (Å²) in [6.45, 7) is 3.12. The number of aliphatic hydroxyl groups excluding tert-OH is 1. The third-order valence-electron chi connectivity index (χ3n) is 3.76. The van der Waals surface area contributed by atoms with Gasteiger partial charge in [-0.05, 0) is 44.7 Å². The number of hydrogen-bond acceptors (Lipinski definition) is 4. The fraction of sp³-hybridized carbons (Fsp3) is 0.833. The van der Waals surface area contributed by atoms with Gasteiger partial charge in [0.25, 0.3) is 0 Å². The van der Waals surface area contributed by atoms with Crippen molar-refractivity contribution in [2.75, 3.05) is 13.1 Å². The number of aryl methyl sites for hydroxylation is 1. The normalized spacial score (nSPS) is 29.0. The Morgan fingerprint density at radius 3 is 3.06 bits per heavy atom. The Morgan fingerprint density at radius 1 is 1.35 bits per heavy atom. The van der Waals surface area contributed by atoms with Crippen LogP contribution < -0.4 is 5.32 Å². The highest BCUT2D eigenvalue weighted by molar-refractivity contribution is 5.00. The summed E-state index contributed by atoms with van der Waals surface area (Å²) in [6.07, 6.45) is 4.87. The summed E-state index contributed by atoms with van der Waals surface area (Å²) < 4.78 is 1.89. The van der Waals surface area contributed by atoms with E-state index in [0.29, 0.717) is 5.92 Å². The smallest absolute Gasteiger partial charge is 0.156 e. The van der Waals surface area contributed by atoms with Crippen LogP contribution in [0.5, 0.6) is 0 Å². The van der Waals surface area contributed by atoms with Gasteiger partial charge in [-0.15, -0.1) is 0 Å². The average molecular weight is 236 g/mol. The van der Waals surface area contributed by atoms with Crippen LogP contribution in [-0.2, 0) is 13.0 Å². The molecule has 5 heteroatoms. The molecule has 17 heavy (non-hydrogen) atoms. The van der Waals surface area contributed by atoms with E-state index in [1.54, 1.807) is 0 Å². The molecule has 2 N–H and O–H groups in total. The number of nitrogens with one attached hydrogen (secondary N) is 1. The van der Waals surface area contributed by atoms with Gasteiger partial charge in [-0.2, -0.15) is 5.10 Å². The van der Waals surface area contributed by atoms with Crippen LogP contribution in [0.25, 0.3) is 0 Å². The van der Waals surface area contributed by atoms with E-state index < -0.39 is 6.10 Å².